The molecule has 2 heteroatoms. The van der Waals surface area contributed by atoms with E-state index in [2.05, 4.69) is 31.5 Å². The number of nitrogens with zero attached hydrogens (tertiary/aromatic N) is 1. The van der Waals surface area contributed by atoms with E-state index in [1.807, 2.05) is 25.1 Å². The summed E-state index contributed by atoms with van der Waals surface area (Å²) in [6.45, 7) is 10.1. The van der Waals surface area contributed by atoms with Crippen LogP contribution in [0.4, 0.5) is 0 Å². The van der Waals surface area contributed by atoms with Gasteiger partial charge in [-0.3, -0.25) is 4.98 Å². The van der Waals surface area contributed by atoms with Crippen molar-refractivity contribution in [1.82, 2.24) is 4.98 Å². The minimum atomic E-state index is -0.473. The Morgan fingerprint density at radius 3 is 2.67 bits per heavy atom. The SMILES string of the molecule is C=C(C)CC/C=C(\C)CCCC(C)(C=O)c1ccccn1. The summed E-state index contributed by atoms with van der Waals surface area (Å²) >= 11 is 0. The van der Waals surface area contributed by atoms with E-state index in [1.54, 1.807) is 6.20 Å². The molecule has 114 valence electrons. The molecule has 0 radical (unpaired) electrons. The van der Waals surface area contributed by atoms with Gasteiger partial charge in [0.2, 0.25) is 0 Å². The van der Waals surface area contributed by atoms with Crippen LogP contribution < -0.4 is 0 Å². The number of aromatic nitrogens is 1. The van der Waals surface area contributed by atoms with E-state index in [0.717, 1.165) is 44.1 Å². The monoisotopic (exact) mass is 285 g/mol. The fourth-order valence-corrected chi connectivity index (χ4v) is 2.35. The number of carbonyl (C=O) groups is 1. The van der Waals surface area contributed by atoms with E-state index in [4.69, 9.17) is 0 Å². The van der Waals surface area contributed by atoms with Gasteiger partial charge in [0.05, 0.1) is 11.1 Å². The third kappa shape index (κ3) is 6.07. The molecule has 0 fully saturated rings. The van der Waals surface area contributed by atoms with Crippen molar-refractivity contribution in [3.8, 4) is 0 Å². The Bertz CT molecular complexity index is 490. The zero-order valence-corrected chi connectivity index (χ0v) is 13.6. The number of pyridine rings is 1. The van der Waals surface area contributed by atoms with Crippen LogP contribution >= 0.6 is 0 Å². The molecule has 0 spiro atoms. The normalized spacial score (nSPS) is 14.5. The van der Waals surface area contributed by atoms with Gasteiger partial charge in [0.15, 0.2) is 0 Å². The van der Waals surface area contributed by atoms with Crippen molar-refractivity contribution < 1.29 is 4.79 Å². The van der Waals surface area contributed by atoms with Gasteiger partial charge < -0.3 is 4.79 Å². The number of hydrogen-bond donors (Lipinski definition) is 0. The van der Waals surface area contributed by atoms with Crippen LogP contribution in [-0.4, -0.2) is 11.3 Å². The van der Waals surface area contributed by atoms with E-state index in [9.17, 15) is 4.79 Å². The average Bonchev–Trinajstić information content (AvgIpc) is 2.47. The van der Waals surface area contributed by atoms with Crippen LogP contribution in [0.25, 0.3) is 0 Å². The van der Waals surface area contributed by atoms with Crippen LogP contribution in [-0.2, 0) is 10.2 Å². The van der Waals surface area contributed by atoms with Crippen LogP contribution in [0, 0.1) is 0 Å². The standard InChI is InChI=1S/C19H27NO/c1-16(2)9-7-10-17(3)11-8-13-19(4,15-21)18-12-5-6-14-20-18/h5-6,10,12,14-15H,1,7-9,11,13H2,2-4H3/b17-10+. The maximum atomic E-state index is 11.5. The first-order valence-electron chi connectivity index (χ1n) is 7.66. The van der Waals surface area contributed by atoms with Crippen LogP contribution in [0.1, 0.15) is 58.6 Å². The fraction of sp³-hybridized carbons (Fsp3) is 0.474. The maximum absolute atomic E-state index is 11.5. The highest BCUT2D eigenvalue weighted by Crippen LogP contribution is 2.26. The first-order valence-corrected chi connectivity index (χ1v) is 7.66. The highest BCUT2D eigenvalue weighted by Gasteiger charge is 2.26. The smallest absolute Gasteiger partial charge is 0.131 e. The molecule has 0 amide bonds. The third-order valence-electron chi connectivity index (χ3n) is 3.84. The molecule has 0 aromatic carbocycles. The van der Waals surface area contributed by atoms with Crippen LogP contribution in [0.3, 0.4) is 0 Å². The van der Waals surface area contributed by atoms with Crippen molar-refractivity contribution in [2.24, 2.45) is 0 Å². The summed E-state index contributed by atoms with van der Waals surface area (Å²) in [6, 6.07) is 5.75. The van der Waals surface area contributed by atoms with Crippen molar-refractivity contribution in [1.29, 1.82) is 0 Å². The lowest BCUT2D eigenvalue weighted by Gasteiger charge is -2.22. The van der Waals surface area contributed by atoms with E-state index >= 15 is 0 Å². The minimum absolute atomic E-state index is 0.473. The first-order chi connectivity index (χ1) is 9.98. The molecular weight excluding hydrogens is 258 g/mol. The summed E-state index contributed by atoms with van der Waals surface area (Å²) in [5.74, 6) is 0. The van der Waals surface area contributed by atoms with Gasteiger partial charge in [-0.2, -0.15) is 0 Å². The quantitative estimate of drug-likeness (QED) is 0.471. The van der Waals surface area contributed by atoms with Gasteiger partial charge in [0, 0.05) is 6.20 Å². The summed E-state index contributed by atoms with van der Waals surface area (Å²) in [5.41, 5.74) is 3.01. The van der Waals surface area contributed by atoms with Crippen molar-refractivity contribution in [3.05, 3.63) is 53.9 Å². The number of aldehydes is 1. The third-order valence-corrected chi connectivity index (χ3v) is 3.84. The Labute approximate surface area is 129 Å². The molecule has 1 aromatic heterocycles. The van der Waals surface area contributed by atoms with Gasteiger partial charge in [-0.15, -0.1) is 6.58 Å². The van der Waals surface area contributed by atoms with Crippen LogP contribution in [0.5, 0.6) is 0 Å². The van der Waals surface area contributed by atoms with Gasteiger partial charge in [-0.25, -0.2) is 0 Å². The molecule has 0 saturated carbocycles. The maximum Gasteiger partial charge on any atom is 0.131 e. The number of carbonyl (C=O) groups excluding carboxylic acids is 1. The minimum Gasteiger partial charge on any atom is -0.302 e. The predicted octanol–water partition coefficient (Wildman–Crippen LogP) is 5.01. The molecular formula is C19H27NO. The molecule has 1 heterocycles. The molecule has 1 atom stereocenters. The van der Waals surface area contributed by atoms with Crippen molar-refractivity contribution in [2.75, 3.05) is 0 Å². The van der Waals surface area contributed by atoms with Crippen LogP contribution in [0.15, 0.2) is 48.2 Å². The number of hydrogen-bond acceptors (Lipinski definition) is 2. The molecule has 1 unspecified atom stereocenters. The molecule has 2 nitrogen and oxygen atoms in total. The molecule has 1 aromatic rings. The Balaban J connectivity index is 2.49. The van der Waals surface area contributed by atoms with Gasteiger partial charge >= 0.3 is 0 Å². The summed E-state index contributed by atoms with van der Waals surface area (Å²) in [5, 5.41) is 0. The van der Waals surface area contributed by atoms with Crippen LogP contribution in [0.2, 0.25) is 0 Å². The molecule has 0 N–H and O–H groups in total. The molecule has 0 aliphatic rings. The largest absolute Gasteiger partial charge is 0.302 e. The highest BCUT2D eigenvalue weighted by atomic mass is 16.1. The van der Waals surface area contributed by atoms with E-state index < -0.39 is 5.41 Å². The highest BCUT2D eigenvalue weighted by molar-refractivity contribution is 5.66. The fourth-order valence-electron chi connectivity index (χ4n) is 2.35. The Hall–Kier alpha value is -1.70. The van der Waals surface area contributed by atoms with Gasteiger partial charge in [-0.1, -0.05) is 23.3 Å². The lowest BCUT2D eigenvalue weighted by Crippen LogP contribution is -2.25. The lowest BCUT2D eigenvalue weighted by molar-refractivity contribution is -0.112. The second-order valence-corrected chi connectivity index (χ2v) is 6.15. The summed E-state index contributed by atoms with van der Waals surface area (Å²) in [7, 11) is 0. The van der Waals surface area contributed by atoms with E-state index in [1.165, 1.54) is 11.1 Å². The Morgan fingerprint density at radius 2 is 2.10 bits per heavy atom. The lowest BCUT2D eigenvalue weighted by atomic mass is 9.82. The molecule has 1 rings (SSSR count). The number of allylic oxidation sites excluding steroid dienone is 3. The zero-order valence-electron chi connectivity index (χ0n) is 13.6. The Kier molecular flexibility index (Phi) is 7.07. The van der Waals surface area contributed by atoms with Gasteiger partial charge in [0.1, 0.15) is 6.29 Å². The average molecular weight is 285 g/mol. The molecule has 0 bridgehead atoms. The van der Waals surface area contributed by atoms with Gasteiger partial charge in [-0.05, 0) is 65.0 Å². The molecule has 0 saturated heterocycles. The molecule has 0 aliphatic carbocycles. The van der Waals surface area contributed by atoms with Crippen molar-refractivity contribution in [3.63, 3.8) is 0 Å². The first kappa shape index (κ1) is 17.4. The van der Waals surface area contributed by atoms with Crippen molar-refractivity contribution in [2.45, 2.75) is 58.3 Å². The second-order valence-electron chi connectivity index (χ2n) is 6.15. The number of rotatable bonds is 9. The Morgan fingerprint density at radius 1 is 1.33 bits per heavy atom. The summed E-state index contributed by atoms with van der Waals surface area (Å²) in [4.78, 5) is 15.8. The zero-order chi connectivity index (χ0) is 15.7. The van der Waals surface area contributed by atoms with E-state index in [-0.39, 0.29) is 0 Å². The van der Waals surface area contributed by atoms with E-state index in [0.29, 0.717) is 0 Å². The molecule has 0 aliphatic heterocycles. The van der Waals surface area contributed by atoms with Crippen molar-refractivity contribution >= 4 is 6.29 Å². The molecule has 21 heavy (non-hydrogen) atoms. The second kappa shape index (κ2) is 8.56. The summed E-state index contributed by atoms with van der Waals surface area (Å²) in [6.07, 6.45) is 10.1. The predicted molar refractivity (Wildman–Crippen MR) is 89.3 cm³/mol. The van der Waals surface area contributed by atoms with Gasteiger partial charge in [0.25, 0.3) is 0 Å². The topological polar surface area (TPSA) is 30.0 Å². The summed E-state index contributed by atoms with van der Waals surface area (Å²) < 4.78 is 0.